The van der Waals surface area contributed by atoms with Crippen molar-refractivity contribution in [3.05, 3.63) is 96.4 Å². The van der Waals surface area contributed by atoms with E-state index in [9.17, 15) is 13.2 Å². The number of ether oxygens (including phenoxy) is 2. The number of benzene rings is 3. The Morgan fingerprint density at radius 3 is 2.08 bits per heavy atom. The van der Waals surface area contributed by atoms with Crippen LogP contribution in [0.2, 0.25) is 0 Å². The van der Waals surface area contributed by atoms with Gasteiger partial charge in [0.2, 0.25) is 0 Å². The monoisotopic (exact) mass is 520 g/mol. The lowest BCUT2D eigenvalue weighted by molar-refractivity contribution is -0.113. The lowest BCUT2D eigenvalue weighted by Crippen LogP contribution is -2.23. The lowest BCUT2D eigenvalue weighted by Gasteiger charge is -2.18. The molecule has 0 spiro atoms. The molecule has 3 aromatic carbocycles. The van der Waals surface area contributed by atoms with Gasteiger partial charge in [-0.3, -0.25) is 9.69 Å². The minimum absolute atomic E-state index is 0.149. The normalized spacial score (nSPS) is 11.1. The molecule has 0 atom stereocenters. The largest absolute Gasteiger partial charge is 0.497 e. The Labute approximate surface area is 214 Å². The van der Waals surface area contributed by atoms with E-state index in [2.05, 4.69) is 11.6 Å². The molecule has 4 rings (SSSR count). The molecule has 0 radical (unpaired) electrons. The first-order valence-corrected chi connectivity index (χ1v) is 13.4. The van der Waals surface area contributed by atoms with Gasteiger partial charge in [0.05, 0.1) is 36.2 Å². The molecular weight excluding hydrogens is 496 g/mol. The number of sulfone groups is 1. The lowest BCUT2D eigenvalue weighted by atomic mass is 10.2. The maximum atomic E-state index is 13.0. The van der Waals surface area contributed by atoms with E-state index in [1.807, 2.05) is 29.6 Å². The van der Waals surface area contributed by atoms with Gasteiger partial charge in [0.25, 0.3) is 5.91 Å². The minimum atomic E-state index is -3.59. The fourth-order valence-corrected chi connectivity index (χ4v) is 5.72. The Hall–Kier alpha value is -3.95. The van der Waals surface area contributed by atoms with Crippen LogP contribution in [0, 0.1) is 0 Å². The fraction of sp³-hybridized carbons (Fsp3) is 0.111. The summed E-state index contributed by atoms with van der Waals surface area (Å²) in [6, 6.07) is 20.5. The van der Waals surface area contributed by atoms with Gasteiger partial charge in [-0.2, -0.15) is 0 Å². The van der Waals surface area contributed by atoms with E-state index in [0.717, 1.165) is 11.3 Å². The number of rotatable bonds is 9. The number of nitrogens with zero attached hydrogens (tertiary/aromatic N) is 2. The summed E-state index contributed by atoms with van der Waals surface area (Å²) in [5.41, 5.74) is 2.72. The predicted molar refractivity (Wildman–Crippen MR) is 142 cm³/mol. The van der Waals surface area contributed by atoms with E-state index < -0.39 is 9.84 Å². The standard InChI is InChI=1S/C27H24N2O5S2/c1-4-26(30)29(27-28-25(17-35-27)20-7-13-23(34-3)14-8-20)21-9-15-24(16-10-21)36(31,32)18-19-5-11-22(33-2)12-6-19/h4-17H,1,18H2,2-3H3. The van der Waals surface area contributed by atoms with Crippen LogP contribution in [0.5, 0.6) is 11.5 Å². The second kappa shape index (κ2) is 10.8. The molecule has 0 bridgehead atoms. The molecular formula is C27H24N2O5S2. The summed E-state index contributed by atoms with van der Waals surface area (Å²) in [4.78, 5) is 18.9. The number of hydrogen-bond acceptors (Lipinski definition) is 7. The molecule has 0 aliphatic carbocycles. The van der Waals surface area contributed by atoms with Crippen molar-refractivity contribution in [3.8, 4) is 22.8 Å². The van der Waals surface area contributed by atoms with E-state index in [0.29, 0.717) is 27.8 Å². The van der Waals surface area contributed by atoms with Crippen molar-refractivity contribution in [3.63, 3.8) is 0 Å². The SMILES string of the molecule is C=CC(=O)N(c1ccc(S(=O)(=O)Cc2ccc(OC)cc2)cc1)c1nc(-c2ccc(OC)cc2)cs1. The van der Waals surface area contributed by atoms with Gasteiger partial charge >= 0.3 is 0 Å². The van der Waals surface area contributed by atoms with Gasteiger partial charge in [-0.1, -0.05) is 18.7 Å². The summed E-state index contributed by atoms with van der Waals surface area (Å²) in [6.45, 7) is 3.60. The molecule has 0 saturated carbocycles. The van der Waals surface area contributed by atoms with Crippen molar-refractivity contribution in [2.75, 3.05) is 19.1 Å². The van der Waals surface area contributed by atoms with Crippen molar-refractivity contribution >= 4 is 37.9 Å². The van der Waals surface area contributed by atoms with Crippen molar-refractivity contribution < 1.29 is 22.7 Å². The second-order valence-electron chi connectivity index (χ2n) is 7.72. The second-order valence-corrected chi connectivity index (χ2v) is 10.5. The molecule has 1 aromatic heterocycles. The molecule has 7 nitrogen and oxygen atoms in total. The number of carbonyl (C=O) groups is 1. The molecule has 0 unspecified atom stereocenters. The van der Waals surface area contributed by atoms with Crippen LogP contribution >= 0.6 is 11.3 Å². The fourth-order valence-electron chi connectivity index (χ4n) is 3.51. The van der Waals surface area contributed by atoms with Crippen molar-refractivity contribution in [2.24, 2.45) is 0 Å². The highest BCUT2D eigenvalue weighted by molar-refractivity contribution is 7.90. The minimum Gasteiger partial charge on any atom is -0.497 e. The van der Waals surface area contributed by atoms with Gasteiger partial charge in [-0.15, -0.1) is 11.3 Å². The summed E-state index contributed by atoms with van der Waals surface area (Å²) in [5, 5.41) is 2.30. The maximum Gasteiger partial charge on any atom is 0.256 e. The summed E-state index contributed by atoms with van der Waals surface area (Å²) in [6.07, 6.45) is 1.20. The van der Waals surface area contributed by atoms with E-state index in [-0.39, 0.29) is 16.6 Å². The van der Waals surface area contributed by atoms with E-state index in [1.54, 1.807) is 50.6 Å². The number of carbonyl (C=O) groups excluding carboxylic acids is 1. The van der Waals surface area contributed by atoms with Gasteiger partial charge in [-0.05, 0) is 72.3 Å². The highest BCUT2D eigenvalue weighted by Gasteiger charge is 2.21. The number of thiazole rings is 1. The van der Waals surface area contributed by atoms with Gasteiger partial charge < -0.3 is 9.47 Å². The molecule has 1 heterocycles. The summed E-state index contributed by atoms with van der Waals surface area (Å²) >= 11 is 1.30. The zero-order valence-electron chi connectivity index (χ0n) is 19.7. The van der Waals surface area contributed by atoms with Gasteiger partial charge in [0, 0.05) is 10.9 Å². The zero-order chi connectivity index (χ0) is 25.7. The molecule has 0 aliphatic heterocycles. The van der Waals surface area contributed by atoms with Gasteiger partial charge in [0.1, 0.15) is 11.5 Å². The van der Waals surface area contributed by atoms with E-state index >= 15 is 0 Å². The smallest absolute Gasteiger partial charge is 0.256 e. The molecule has 0 saturated heterocycles. The average Bonchev–Trinajstić information content (AvgIpc) is 3.39. The van der Waals surface area contributed by atoms with Crippen molar-refractivity contribution in [1.82, 2.24) is 4.98 Å². The van der Waals surface area contributed by atoms with Crippen LogP contribution in [0.3, 0.4) is 0 Å². The molecule has 4 aromatic rings. The van der Waals surface area contributed by atoms with Gasteiger partial charge in [-0.25, -0.2) is 13.4 Å². The number of methoxy groups -OCH3 is 2. The Bertz CT molecular complexity index is 1460. The third kappa shape index (κ3) is 5.48. The van der Waals surface area contributed by atoms with E-state index in [1.165, 1.54) is 34.4 Å². The quantitative estimate of drug-likeness (QED) is 0.265. The highest BCUT2D eigenvalue weighted by atomic mass is 32.2. The average molecular weight is 521 g/mol. The van der Waals surface area contributed by atoms with Crippen molar-refractivity contribution in [1.29, 1.82) is 0 Å². The van der Waals surface area contributed by atoms with Gasteiger partial charge in [0.15, 0.2) is 15.0 Å². The van der Waals surface area contributed by atoms with Crippen LogP contribution in [-0.4, -0.2) is 33.5 Å². The highest BCUT2D eigenvalue weighted by Crippen LogP contribution is 2.34. The molecule has 0 aliphatic rings. The third-order valence-electron chi connectivity index (χ3n) is 5.43. The summed E-state index contributed by atoms with van der Waals surface area (Å²) < 4.78 is 36.2. The molecule has 1 amide bonds. The van der Waals surface area contributed by atoms with Crippen LogP contribution in [0.15, 0.2) is 95.7 Å². The maximum absolute atomic E-state index is 13.0. The van der Waals surface area contributed by atoms with Crippen LogP contribution < -0.4 is 14.4 Å². The first kappa shape index (κ1) is 25.2. The number of hydrogen-bond donors (Lipinski definition) is 0. The molecule has 36 heavy (non-hydrogen) atoms. The summed E-state index contributed by atoms with van der Waals surface area (Å²) in [5.74, 6) is 0.868. The van der Waals surface area contributed by atoms with Crippen LogP contribution in [0.25, 0.3) is 11.3 Å². The predicted octanol–water partition coefficient (Wildman–Crippen LogP) is 5.65. The molecule has 0 fully saturated rings. The molecule has 0 N–H and O–H groups in total. The van der Waals surface area contributed by atoms with Crippen LogP contribution in [0.1, 0.15) is 5.56 Å². The number of amides is 1. The zero-order valence-corrected chi connectivity index (χ0v) is 21.4. The van der Waals surface area contributed by atoms with Crippen LogP contribution in [0.4, 0.5) is 10.8 Å². The topological polar surface area (TPSA) is 85.8 Å². The van der Waals surface area contributed by atoms with E-state index in [4.69, 9.17) is 9.47 Å². The Balaban J connectivity index is 1.59. The van der Waals surface area contributed by atoms with Crippen LogP contribution in [-0.2, 0) is 20.4 Å². The molecule has 9 heteroatoms. The first-order chi connectivity index (χ1) is 17.3. The van der Waals surface area contributed by atoms with Crippen molar-refractivity contribution in [2.45, 2.75) is 10.6 Å². The summed E-state index contributed by atoms with van der Waals surface area (Å²) in [7, 11) is -0.435. The number of anilines is 2. The molecule has 184 valence electrons. The Kier molecular flexibility index (Phi) is 7.52. The third-order valence-corrected chi connectivity index (χ3v) is 7.96. The Morgan fingerprint density at radius 1 is 0.944 bits per heavy atom. The first-order valence-electron chi connectivity index (χ1n) is 10.9. The number of aromatic nitrogens is 1. The Morgan fingerprint density at radius 2 is 1.53 bits per heavy atom.